The molecule has 0 aromatic heterocycles. The van der Waals surface area contributed by atoms with Crippen molar-refractivity contribution in [2.45, 2.75) is 45.3 Å². The summed E-state index contributed by atoms with van der Waals surface area (Å²) >= 11 is 0. The zero-order valence-corrected chi connectivity index (χ0v) is 9.12. The molecule has 0 bridgehead atoms. The average molecular weight is 197 g/mol. The molecule has 0 aromatic carbocycles. The fourth-order valence-corrected chi connectivity index (χ4v) is 1.50. The van der Waals surface area contributed by atoms with Crippen LogP contribution in [0.2, 0.25) is 0 Å². The van der Waals surface area contributed by atoms with Crippen LogP contribution in [0, 0.1) is 5.92 Å². The fraction of sp³-hybridized carbons (Fsp3) is 0.727. The molecule has 2 unspecified atom stereocenters. The van der Waals surface area contributed by atoms with E-state index < -0.39 is 5.60 Å². The van der Waals surface area contributed by atoms with Crippen molar-refractivity contribution < 1.29 is 9.53 Å². The molecule has 0 heterocycles. The Morgan fingerprint density at radius 2 is 2.14 bits per heavy atom. The van der Waals surface area contributed by atoms with E-state index in [1.165, 1.54) is 0 Å². The Morgan fingerprint density at radius 3 is 2.64 bits per heavy atom. The summed E-state index contributed by atoms with van der Waals surface area (Å²) in [4.78, 5) is 11.6. The molecular weight excluding hydrogens is 178 g/mol. The van der Waals surface area contributed by atoms with Crippen molar-refractivity contribution in [2.75, 3.05) is 0 Å². The molecule has 0 aliphatic heterocycles. The first kappa shape index (κ1) is 11.2. The van der Waals surface area contributed by atoms with Crippen molar-refractivity contribution in [3.63, 3.8) is 0 Å². The number of hydrogen-bond acceptors (Lipinski definition) is 3. The number of nitrogens with two attached hydrogens (primary N) is 1. The maximum absolute atomic E-state index is 11.6. The van der Waals surface area contributed by atoms with Crippen molar-refractivity contribution in [2.24, 2.45) is 11.7 Å². The van der Waals surface area contributed by atoms with Crippen LogP contribution >= 0.6 is 0 Å². The van der Waals surface area contributed by atoms with E-state index in [0.29, 0.717) is 6.42 Å². The lowest BCUT2D eigenvalue weighted by Gasteiger charge is -2.26. The van der Waals surface area contributed by atoms with Gasteiger partial charge in [-0.1, -0.05) is 12.2 Å². The van der Waals surface area contributed by atoms with Gasteiger partial charge in [0.05, 0.1) is 5.92 Å². The van der Waals surface area contributed by atoms with Crippen LogP contribution in [-0.2, 0) is 9.53 Å². The largest absolute Gasteiger partial charge is 0.460 e. The molecule has 0 fully saturated rings. The average Bonchev–Trinajstić information content (AvgIpc) is 2.01. The van der Waals surface area contributed by atoms with Crippen LogP contribution in [0.4, 0.5) is 0 Å². The molecule has 0 amide bonds. The Balaban J connectivity index is 2.50. The Hall–Kier alpha value is -0.830. The van der Waals surface area contributed by atoms with Gasteiger partial charge in [-0.15, -0.1) is 0 Å². The third kappa shape index (κ3) is 3.50. The lowest BCUT2D eigenvalue weighted by atomic mass is 9.91. The SMILES string of the molecule is CC(C)(C)OC(=O)C1CC=CC(N)C1. The molecule has 2 N–H and O–H groups in total. The zero-order valence-electron chi connectivity index (χ0n) is 9.12. The first-order chi connectivity index (χ1) is 6.38. The molecule has 1 aliphatic rings. The number of esters is 1. The second-order valence-corrected chi connectivity index (χ2v) is 4.79. The van der Waals surface area contributed by atoms with E-state index in [-0.39, 0.29) is 17.9 Å². The second-order valence-electron chi connectivity index (χ2n) is 4.79. The van der Waals surface area contributed by atoms with Gasteiger partial charge >= 0.3 is 5.97 Å². The zero-order chi connectivity index (χ0) is 10.8. The molecule has 0 saturated carbocycles. The molecule has 14 heavy (non-hydrogen) atoms. The number of rotatable bonds is 1. The van der Waals surface area contributed by atoms with Gasteiger partial charge in [0.15, 0.2) is 0 Å². The predicted molar refractivity (Wildman–Crippen MR) is 55.7 cm³/mol. The summed E-state index contributed by atoms with van der Waals surface area (Å²) in [5.41, 5.74) is 5.33. The lowest BCUT2D eigenvalue weighted by molar-refractivity contribution is -0.160. The number of hydrogen-bond donors (Lipinski definition) is 1. The molecule has 2 atom stereocenters. The molecule has 1 rings (SSSR count). The Bertz CT molecular complexity index is 240. The van der Waals surface area contributed by atoms with Gasteiger partial charge in [0.25, 0.3) is 0 Å². The smallest absolute Gasteiger partial charge is 0.309 e. The predicted octanol–water partition coefficient (Wildman–Crippen LogP) is 1.62. The van der Waals surface area contributed by atoms with Gasteiger partial charge in [-0.25, -0.2) is 0 Å². The van der Waals surface area contributed by atoms with Gasteiger partial charge in [0.1, 0.15) is 5.60 Å². The highest BCUT2D eigenvalue weighted by Gasteiger charge is 2.27. The Morgan fingerprint density at radius 1 is 1.50 bits per heavy atom. The highest BCUT2D eigenvalue weighted by molar-refractivity contribution is 5.73. The molecule has 0 spiro atoms. The summed E-state index contributed by atoms with van der Waals surface area (Å²) in [5.74, 6) is -0.188. The lowest BCUT2D eigenvalue weighted by Crippen LogP contribution is -2.33. The molecule has 1 aliphatic carbocycles. The van der Waals surface area contributed by atoms with Gasteiger partial charge in [0, 0.05) is 6.04 Å². The number of carbonyl (C=O) groups is 1. The summed E-state index contributed by atoms with van der Waals surface area (Å²) < 4.78 is 5.30. The van der Waals surface area contributed by atoms with Crippen LogP contribution in [0.3, 0.4) is 0 Å². The highest BCUT2D eigenvalue weighted by atomic mass is 16.6. The minimum atomic E-state index is -0.400. The van der Waals surface area contributed by atoms with Gasteiger partial charge in [-0.2, -0.15) is 0 Å². The summed E-state index contributed by atoms with van der Waals surface area (Å²) in [5, 5.41) is 0. The van der Waals surface area contributed by atoms with Crippen LogP contribution in [0.1, 0.15) is 33.6 Å². The van der Waals surface area contributed by atoms with Crippen molar-refractivity contribution >= 4 is 5.97 Å². The maximum atomic E-state index is 11.6. The van der Waals surface area contributed by atoms with E-state index in [1.807, 2.05) is 32.9 Å². The van der Waals surface area contributed by atoms with Crippen LogP contribution in [0.15, 0.2) is 12.2 Å². The Labute approximate surface area is 85.3 Å². The molecular formula is C11H19NO2. The monoisotopic (exact) mass is 197 g/mol. The van der Waals surface area contributed by atoms with Gasteiger partial charge < -0.3 is 10.5 Å². The molecule has 80 valence electrons. The maximum Gasteiger partial charge on any atom is 0.309 e. The summed E-state index contributed by atoms with van der Waals surface area (Å²) in [7, 11) is 0. The number of carbonyl (C=O) groups excluding carboxylic acids is 1. The quantitative estimate of drug-likeness (QED) is 0.513. The van der Waals surface area contributed by atoms with Gasteiger partial charge in [-0.3, -0.25) is 4.79 Å². The fourth-order valence-electron chi connectivity index (χ4n) is 1.50. The van der Waals surface area contributed by atoms with E-state index in [2.05, 4.69) is 0 Å². The first-order valence-electron chi connectivity index (χ1n) is 5.03. The van der Waals surface area contributed by atoms with E-state index in [9.17, 15) is 4.79 Å². The van der Waals surface area contributed by atoms with Crippen LogP contribution in [0.5, 0.6) is 0 Å². The van der Waals surface area contributed by atoms with Crippen molar-refractivity contribution in [1.29, 1.82) is 0 Å². The third-order valence-electron chi connectivity index (χ3n) is 2.10. The second kappa shape index (κ2) is 4.13. The molecule has 0 radical (unpaired) electrons. The summed E-state index contributed by atoms with van der Waals surface area (Å²) in [6.45, 7) is 5.64. The van der Waals surface area contributed by atoms with Gasteiger partial charge in [-0.05, 0) is 33.6 Å². The van der Waals surface area contributed by atoms with E-state index in [4.69, 9.17) is 10.5 Å². The van der Waals surface area contributed by atoms with Crippen LogP contribution < -0.4 is 5.73 Å². The summed E-state index contributed by atoms with van der Waals surface area (Å²) in [6.07, 6.45) is 5.36. The molecule has 3 heteroatoms. The van der Waals surface area contributed by atoms with Crippen molar-refractivity contribution in [3.05, 3.63) is 12.2 Å². The van der Waals surface area contributed by atoms with Crippen molar-refractivity contribution in [3.8, 4) is 0 Å². The summed E-state index contributed by atoms with van der Waals surface area (Å²) in [6, 6.07) is 0.00117. The minimum Gasteiger partial charge on any atom is -0.460 e. The molecule has 3 nitrogen and oxygen atoms in total. The Kier molecular flexibility index (Phi) is 3.32. The van der Waals surface area contributed by atoms with Gasteiger partial charge in [0.2, 0.25) is 0 Å². The van der Waals surface area contributed by atoms with Crippen molar-refractivity contribution in [1.82, 2.24) is 0 Å². The van der Waals surface area contributed by atoms with E-state index in [0.717, 1.165) is 6.42 Å². The number of ether oxygens (including phenoxy) is 1. The first-order valence-corrected chi connectivity index (χ1v) is 5.03. The van der Waals surface area contributed by atoms with Crippen LogP contribution in [-0.4, -0.2) is 17.6 Å². The van der Waals surface area contributed by atoms with E-state index in [1.54, 1.807) is 0 Å². The topological polar surface area (TPSA) is 52.3 Å². The van der Waals surface area contributed by atoms with Crippen LogP contribution in [0.25, 0.3) is 0 Å². The third-order valence-corrected chi connectivity index (χ3v) is 2.10. The van der Waals surface area contributed by atoms with E-state index >= 15 is 0 Å². The highest BCUT2D eigenvalue weighted by Crippen LogP contribution is 2.21. The molecule has 0 saturated heterocycles. The minimum absolute atomic E-state index is 0.00117. The molecule has 0 aromatic rings. The number of allylic oxidation sites excluding steroid dienone is 1. The normalized spacial score (nSPS) is 27.4. The standard InChI is InChI=1S/C11H19NO2/c1-11(2,3)14-10(13)8-5-4-6-9(12)7-8/h4,6,8-9H,5,7,12H2,1-3H3.